The van der Waals surface area contributed by atoms with Gasteiger partial charge in [-0.05, 0) is 31.5 Å². The minimum Gasteiger partial charge on any atom is -0.381 e. The summed E-state index contributed by atoms with van der Waals surface area (Å²) in [6.07, 6.45) is 1.05. The molecule has 3 nitrogen and oxygen atoms in total. The number of hydrogen-bond acceptors (Lipinski definition) is 3. The van der Waals surface area contributed by atoms with Crippen molar-refractivity contribution < 1.29 is 4.74 Å². The number of aromatic nitrogens is 2. The highest BCUT2D eigenvalue weighted by Gasteiger charge is 2.22. The summed E-state index contributed by atoms with van der Waals surface area (Å²) in [5, 5.41) is 1.14. The molecule has 88 valence electrons. The number of aryl methyl sites for hydroxylation is 1. The average Bonchev–Trinajstić information content (AvgIpc) is 2.82. The topological polar surface area (TPSA) is 35.0 Å². The van der Waals surface area contributed by atoms with Crippen LogP contribution in [-0.4, -0.2) is 23.2 Å². The van der Waals surface area contributed by atoms with Gasteiger partial charge in [0.25, 0.3) is 0 Å². The molecule has 4 heteroatoms. The lowest BCUT2D eigenvalue weighted by Gasteiger charge is -2.11. The van der Waals surface area contributed by atoms with Crippen molar-refractivity contribution in [2.24, 2.45) is 0 Å². The van der Waals surface area contributed by atoms with Gasteiger partial charge in [-0.3, -0.25) is 0 Å². The van der Waals surface area contributed by atoms with Crippen LogP contribution >= 0.6 is 15.9 Å². The van der Waals surface area contributed by atoms with Gasteiger partial charge in [0.05, 0.1) is 17.8 Å². The van der Waals surface area contributed by atoms with Crippen molar-refractivity contribution in [2.75, 3.05) is 13.2 Å². The Balaban J connectivity index is 2.23. The van der Waals surface area contributed by atoms with E-state index >= 15 is 0 Å². The van der Waals surface area contributed by atoms with Gasteiger partial charge in [-0.2, -0.15) is 0 Å². The predicted octanol–water partition coefficient (Wildman–Crippen LogP) is 3.20. The molecule has 1 aliphatic rings. The number of rotatable bonds is 1. The number of ether oxygens (including phenoxy) is 1. The first-order valence-corrected chi connectivity index (χ1v) is 6.55. The van der Waals surface area contributed by atoms with E-state index in [1.54, 1.807) is 0 Å². The van der Waals surface area contributed by atoms with Crippen LogP contribution in [0.25, 0.3) is 10.9 Å². The molecule has 1 aliphatic heterocycles. The average molecular weight is 293 g/mol. The van der Waals surface area contributed by atoms with Crippen molar-refractivity contribution in [2.45, 2.75) is 19.3 Å². The summed E-state index contributed by atoms with van der Waals surface area (Å²) in [6, 6.07) is 6.15. The SMILES string of the molecule is Cc1nc(C2CCOC2)c2cc(Br)ccc2n1. The van der Waals surface area contributed by atoms with Gasteiger partial charge in [0.15, 0.2) is 0 Å². The lowest BCUT2D eigenvalue weighted by molar-refractivity contribution is 0.193. The summed E-state index contributed by atoms with van der Waals surface area (Å²) in [5.41, 5.74) is 2.15. The molecular formula is C13H13BrN2O. The smallest absolute Gasteiger partial charge is 0.126 e. The third-order valence-electron chi connectivity index (χ3n) is 3.12. The molecule has 0 spiro atoms. The third kappa shape index (κ3) is 2.07. The quantitative estimate of drug-likeness (QED) is 0.810. The molecule has 17 heavy (non-hydrogen) atoms. The second kappa shape index (κ2) is 4.35. The Morgan fingerprint density at radius 3 is 3.00 bits per heavy atom. The van der Waals surface area contributed by atoms with Crippen LogP contribution in [0.3, 0.4) is 0 Å². The van der Waals surface area contributed by atoms with E-state index in [4.69, 9.17) is 4.74 Å². The molecule has 3 rings (SSSR count). The van der Waals surface area contributed by atoms with Gasteiger partial charge in [-0.25, -0.2) is 9.97 Å². The minimum absolute atomic E-state index is 0.411. The highest BCUT2D eigenvalue weighted by atomic mass is 79.9. The first kappa shape index (κ1) is 11.1. The summed E-state index contributed by atoms with van der Waals surface area (Å²) in [4.78, 5) is 9.09. The summed E-state index contributed by atoms with van der Waals surface area (Å²) < 4.78 is 6.53. The van der Waals surface area contributed by atoms with Crippen molar-refractivity contribution in [1.82, 2.24) is 9.97 Å². The lowest BCUT2D eigenvalue weighted by Crippen LogP contribution is -2.04. The van der Waals surface area contributed by atoms with Crippen LogP contribution < -0.4 is 0 Å². The van der Waals surface area contributed by atoms with E-state index in [0.717, 1.165) is 46.5 Å². The monoisotopic (exact) mass is 292 g/mol. The van der Waals surface area contributed by atoms with Gasteiger partial charge in [0.2, 0.25) is 0 Å². The molecular weight excluding hydrogens is 280 g/mol. The van der Waals surface area contributed by atoms with Crippen molar-refractivity contribution >= 4 is 26.8 Å². The van der Waals surface area contributed by atoms with E-state index in [1.165, 1.54) is 0 Å². The van der Waals surface area contributed by atoms with Crippen molar-refractivity contribution in [3.05, 3.63) is 34.2 Å². The second-order valence-corrected chi connectivity index (χ2v) is 5.29. The van der Waals surface area contributed by atoms with Gasteiger partial charge in [0.1, 0.15) is 5.82 Å². The molecule has 0 N–H and O–H groups in total. The number of halogens is 1. The van der Waals surface area contributed by atoms with Crippen LogP contribution in [-0.2, 0) is 4.74 Å². The third-order valence-corrected chi connectivity index (χ3v) is 3.61. The molecule has 1 atom stereocenters. The Morgan fingerprint density at radius 1 is 1.35 bits per heavy atom. The zero-order chi connectivity index (χ0) is 11.8. The maximum atomic E-state index is 5.46. The predicted molar refractivity (Wildman–Crippen MR) is 70.2 cm³/mol. The van der Waals surface area contributed by atoms with Crippen molar-refractivity contribution in [3.8, 4) is 0 Å². The van der Waals surface area contributed by atoms with Crippen LogP contribution in [0.15, 0.2) is 22.7 Å². The number of fused-ring (bicyclic) bond motifs is 1. The Hall–Kier alpha value is -1.00. The zero-order valence-corrected chi connectivity index (χ0v) is 11.2. The first-order chi connectivity index (χ1) is 8.24. The van der Waals surface area contributed by atoms with E-state index < -0.39 is 0 Å². The lowest BCUT2D eigenvalue weighted by atomic mass is 10.00. The standard InChI is InChI=1S/C13H13BrN2O/c1-8-15-12-3-2-10(14)6-11(12)13(16-8)9-4-5-17-7-9/h2-3,6,9H,4-5,7H2,1H3. The Bertz CT molecular complexity index is 565. The summed E-state index contributed by atoms with van der Waals surface area (Å²) in [5.74, 6) is 1.25. The largest absolute Gasteiger partial charge is 0.381 e. The van der Waals surface area contributed by atoms with Crippen molar-refractivity contribution in [1.29, 1.82) is 0 Å². The number of benzene rings is 1. The van der Waals surface area contributed by atoms with Gasteiger partial charge in [-0.15, -0.1) is 0 Å². The fourth-order valence-electron chi connectivity index (χ4n) is 2.31. The van der Waals surface area contributed by atoms with Gasteiger partial charge >= 0.3 is 0 Å². The fraction of sp³-hybridized carbons (Fsp3) is 0.385. The molecule has 0 bridgehead atoms. The van der Waals surface area contributed by atoms with Crippen LogP contribution in [0.4, 0.5) is 0 Å². The maximum absolute atomic E-state index is 5.46. The van der Waals surface area contributed by atoms with E-state index in [9.17, 15) is 0 Å². The Morgan fingerprint density at radius 2 is 2.24 bits per heavy atom. The highest BCUT2D eigenvalue weighted by Crippen LogP contribution is 2.30. The van der Waals surface area contributed by atoms with E-state index in [-0.39, 0.29) is 0 Å². The van der Waals surface area contributed by atoms with Gasteiger partial charge in [0, 0.05) is 22.4 Å². The Kier molecular flexibility index (Phi) is 2.84. The number of nitrogens with zero attached hydrogens (tertiary/aromatic N) is 2. The first-order valence-electron chi connectivity index (χ1n) is 5.75. The van der Waals surface area contributed by atoms with Crippen LogP contribution in [0, 0.1) is 6.92 Å². The minimum atomic E-state index is 0.411. The second-order valence-electron chi connectivity index (χ2n) is 4.38. The number of hydrogen-bond donors (Lipinski definition) is 0. The molecule has 1 fully saturated rings. The molecule has 0 amide bonds. The molecule has 0 radical (unpaired) electrons. The summed E-state index contributed by atoms with van der Waals surface area (Å²) >= 11 is 3.51. The normalized spacial score (nSPS) is 20.0. The molecule has 1 aromatic carbocycles. The van der Waals surface area contributed by atoms with E-state index in [1.807, 2.05) is 19.1 Å². The highest BCUT2D eigenvalue weighted by molar-refractivity contribution is 9.10. The van der Waals surface area contributed by atoms with Crippen LogP contribution in [0.2, 0.25) is 0 Å². The molecule has 0 aliphatic carbocycles. The molecule has 1 aromatic heterocycles. The maximum Gasteiger partial charge on any atom is 0.126 e. The fourth-order valence-corrected chi connectivity index (χ4v) is 2.67. The zero-order valence-electron chi connectivity index (χ0n) is 9.61. The van der Waals surface area contributed by atoms with Crippen molar-refractivity contribution in [3.63, 3.8) is 0 Å². The molecule has 2 aromatic rings. The van der Waals surface area contributed by atoms with E-state index in [0.29, 0.717) is 5.92 Å². The molecule has 1 saturated heterocycles. The van der Waals surface area contributed by atoms with Gasteiger partial charge < -0.3 is 4.74 Å². The summed E-state index contributed by atoms with van der Waals surface area (Å²) in [7, 11) is 0. The molecule has 2 heterocycles. The van der Waals surface area contributed by atoms with Crippen LogP contribution in [0.5, 0.6) is 0 Å². The van der Waals surface area contributed by atoms with Crippen LogP contribution in [0.1, 0.15) is 23.9 Å². The van der Waals surface area contributed by atoms with E-state index in [2.05, 4.69) is 32.0 Å². The van der Waals surface area contributed by atoms with Gasteiger partial charge in [-0.1, -0.05) is 15.9 Å². The molecule has 1 unspecified atom stereocenters. The molecule has 0 saturated carbocycles. The summed E-state index contributed by atoms with van der Waals surface area (Å²) in [6.45, 7) is 3.56. The Labute approximate surface area is 108 Å².